The molecule has 0 aromatic heterocycles. The van der Waals surface area contributed by atoms with Crippen molar-refractivity contribution in [2.45, 2.75) is 19.9 Å². The van der Waals surface area contributed by atoms with E-state index in [4.69, 9.17) is 4.74 Å². The van der Waals surface area contributed by atoms with Gasteiger partial charge in [-0.15, -0.1) is 0 Å². The van der Waals surface area contributed by atoms with Gasteiger partial charge in [-0.2, -0.15) is 0 Å². The lowest BCUT2D eigenvalue weighted by molar-refractivity contribution is -0.126. The minimum absolute atomic E-state index is 0.204. The number of carbonyl (C=O) groups is 2. The van der Waals surface area contributed by atoms with Crippen LogP contribution in [0.3, 0.4) is 0 Å². The minimum atomic E-state index is -0.332. The highest BCUT2D eigenvalue weighted by molar-refractivity contribution is 6.03. The molecule has 2 rings (SSSR count). The van der Waals surface area contributed by atoms with Crippen molar-refractivity contribution in [1.29, 1.82) is 0 Å². The van der Waals surface area contributed by atoms with Gasteiger partial charge in [0, 0.05) is 12.2 Å². The number of hydrogen-bond acceptors (Lipinski definition) is 3. The number of carbonyl (C=O) groups excluding carboxylic acids is 2. The van der Waals surface area contributed by atoms with Crippen LogP contribution in [0.2, 0.25) is 0 Å². The lowest BCUT2D eigenvalue weighted by Gasteiger charge is -2.07. The van der Waals surface area contributed by atoms with Crippen LogP contribution in [0, 0.1) is 6.92 Å². The number of aryl methyl sites for hydroxylation is 1. The third-order valence-corrected chi connectivity index (χ3v) is 3.31. The quantitative estimate of drug-likeness (QED) is 0.806. The summed E-state index contributed by atoms with van der Waals surface area (Å²) in [5.41, 5.74) is 2.74. The van der Waals surface area contributed by atoms with Gasteiger partial charge in [-0.05, 0) is 36.8 Å². The van der Waals surface area contributed by atoms with Crippen molar-refractivity contribution in [1.82, 2.24) is 5.32 Å². The molecule has 2 aromatic rings. The van der Waals surface area contributed by atoms with E-state index in [1.54, 1.807) is 7.11 Å². The Kier molecular flexibility index (Phi) is 5.74. The Morgan fingerprint density at radius 2 is 1.61 bits per heavy atom. The number of rotatable bonds is 6. The van der Waals surface area contributed by atoms with Crippen LogP contribution in [-0.4, -0.2) is 18.9 Å². The van der Waals surface area contributed by atoms with Gasteiger partial charge >= 0.3 is 0 Å². The highest BCUT2D eigenvalue weighted by Gasteiger charge is 2.09. The smallest absolute Gasteiger partial charge is 0.233 e. The van der Waals surface area contributed by atoms with E-state index in [1.807, 2.05) is 55.5 Å². The second-order valence-electron chi connectivity index (χ2n) is 5.22. The molecule has 0 aliphatic rings. The number of nitrogens with one attached hydrogen (secondary N) is 2. The molecule has 0 saturated carbocycles. The molecule has 5 heteroatoms. The van der Waals surface area contributed by atoms with Gasteiger partial charge in [0.15, 0.2) is 0 Å². The molecule has 0 radical (unpaired) electrons. The van der Waals surface area contributed by atoms with Gasteiger partial charge in [0.05, 0.1) is 7.11 Å². The van der Waals surface area contributed by atoms with E-state index >= 15 is 0 Å². The van der Waals surface area contributed by atoms with Crippen molar-refractivity contribution in [3.05, 3.63) is 59.7 Å². The van der Waals surface area contributed by atoms with E-state index in [0.29, 0.717) is 12.2 Å². The third-order valence-electron chi connectivity index (χ3n) is 3.31. The molecule has 0 bridgehead atoms. The molecule has 5 nitrogen and oxygen atoms in total. The Morgan fingerprint density at radius 1 is 0.957 bits per heavy atom. The first-order valence-corrected chi connectivity index (χ1v) is 7.33. The van der Waals surface area contributed by atoms with Gasteiger partial charge in [0.2, 0.25) is 11.8 Å². The largest absolute Gasteiger partial charge is 0.497 e. The molecule has 0 saturated heterocycles. The molecule has 0 aliphatic carbocycles. The van der Waals surface area contributed by atoms with Gasteiger partial charge in [0.1, 0.15) is 12.2 Å². The van der Waals surface area contributed by atoms with Crippen LogP contribution < -0.4 is 15.4 Å². The number of hydrogen-bond donors (Lipinski definition) is 2. The summed E-state index contributed by atoms with van der Waals surface area (Å²) in [5, 5.41) is 5.42. The summed E-state index contributed by atoms with van der Waals surface area (Å²) < 4.78 is 5.07. The fourth-order valence-corrected chi connectivity index (χ4v) is 1.99. The predicted molar refractivity (Wildman–Crippen MR) is 89.3 cm³/mol. The molecule has 2 N–H and O–H groups in total. The van der Waals surface area contributed by atoms with Crippen molar-refractivity contribution in [3.8, 4) is 5.75 Å². The molecule has 0 atom stereocenters. The zero-order valence-electron chi connectivity index (χ0n) is 13.3. The second kappa shape index (κ2) is 7.98. The fourth-order valence-electron chi connectivity index (χ4n) is 1.99. The molecule has 120 valence electrons. The highest BCUT2D eigenvalue weighted by atomic mass is 16.5. The van der Waals surface area contributed by atoms with E-state index in [0.717, 1.165) is 16.9 Å². The van der Waals surface area contributed by atoms with Crippen molar-refractivity contribution < 1.29 is 14.3 Å². The first-order chi connectivity index (χ1) is 11.1. The zero-order valence-corrected chi connectivity index (χ0v) is 13.3. The molecule has 23 heavy (non-hydrogen) atoms. The standard InChI is InChI=1S/C18H20N2O3/c1-13-3-7-15(8-4-13)20-18(22)11-17(21)19-12-14-5-9-16(23-2)10-6-14/h3-10H,11-12H2,1-2H3,(H,19,21)(H,20,22). The number of anilines is 1. The maximum atomic E-state index is 11.8. The van der Waals surface area contributed by atoms with Gasteiger partial charge < -0.3 is 15.4 Å². The molecule has 0 fully saturated rings. The second-order valence-corrected chi connectivity index (χ2v) is 5.22. The summed E-state index contributed by atoms with van der Waals surface area (Å²) >= 11 is 0. The Bertz CT molecular complexity index is 664. The zero-order chi connectivity index (χ0) is 16.7. The SMILES string of the molecule is COc1ccc(CNC(=O)CC(=O)Nc2ccc(C)cc2)cc1. The van der Waals surface area contributed by atoms with Crippen molar-refractivity contribution in [2.24, 2.45) is 0 Å². The normalized spacial score (nSPS) is 10.0. The van der Waals surface area contributed by atoms with E-state index in [2.05, 4.69) is 10.6 Å². The minimum Gasteiger partial charge on any atom is -0.497 e. The maximum absolute atomic E-state index is 11.8. The molecule has 0 heterocycles. The first-order valence-electron chi connectivity index (χ1n) is 7.33. The van der Waals surface area contributed by atoms with Crippen LogP contribution in [-0.2, 0) is 16.1 Å². The molecule has 2 aromatic carbocycles. The van der Waals surface area contributed by atoms with Crippen molar-refractivity contribution >= 4 is 17.5 Å². The Morgan fingerprint density at radius 3 is 2.22 bits per heavy atom. The lowest BCUT2D eigenvalue weighted by atomic mass is 10.2. The molecular weight excluding hydrogens is 292 g/mol. The number of methoxy groups -OCH3 is 1. The molecule has 2 amide bonds. The van der Waals surface area contributed by atoms with E-state index < -0.39 is 0 Å². The number of amides is 2. The monoisotopic (exact) mass is 312 g/mol. The molecular formula is C18H20N2O3. The number of benzene rings is 2. The average Bonchev–Trinajstić information content (AvgIpc) is 2.55. The van der Waals surface area contributed by atoms with E-state index in [9.17, 15) is 9.59 Å². The van der Waals surface area contributed by atoms with Crippen molar-refractivity contribution in [3.63, 3.8) is 0 Å². The predicted octanol–water partition coefficient (Wildman–Crippen LogP) is 2.65. The van der Waals surface area contributed by atoms with Crippen LogP contribution in [0.1, 0.15) is 17.5 Å². The van der Waals surface area contributed by atoms with Gasteiger partial charge in [-0.25, -0.2) is 0 Å². The fraction of sp³-hybridized carbons (Fsp3) is 0.222. The summed E-state index contributed by atoms with van der Waals surface area (Å²) in [4.78, 5) is 23.6. The van der Waals surface area contributed by atoms with Gasteiger partial charge in [-0.3, -0.25) is 9.59 Å². The summed E-state index contributed by atoms with van der Waals surface area (Å²) in [6.07, 6.45) is -0.204. The molecule has 0 aliphatic heterocycles. The highest BCUT2D eigenvalue weighted by Crippen LogP contribution is 2.11. The molecule has 0 spiro atoms. The van der Waals surface area contributed by atoms with Crippen LogP contribution >= 0.6 is 0 Å². The van der Waals surface area contributed by atoms with E-state index in [1.165, 1.54) is 0 Å². The maximum Gasteiger partial charge on any atom is 0.233 e. The Hall–Kier alpha value is -2.82. The lowest BCUT2D eigenvalue weighted by Crippen LogP contribution is -2.27. The summed E-state index contributed by atoms with van der Waals surface area (Å²) in [6.45, 7) is 2.35. The van der Waals surface area contributed by atoms with Gasteiger partial charge in [-0.1, -0.05) is 29.8 Å². The van der Waals surface area contributed by atoms with E-state index in [-0.39, 0.29) is 18.2 Å². The summed E-state index contributed by atoms with van der Waals surface area (Å²) in [7, 11) is 1.60. The number of ether oxygens (including phenoxy) is 1. The van der Waals surface area contributed by atoms with Crippen LogP contribution in [0.15, 0.2) is 48.5 Å². The summed E-state index contributed by atoms with van der Waals surface area (Å²) in [6, 6.07) is 14.8. The summed E-state index contributed by atoms with van der Waals surface area (Å²) in [5.74, 6) is 0.115. The first kappa shape index (κ1) is 16.5. The van der Waals surface area contributed by atoms with Crippen molar-refractivity contribution in [2.75, 3.05) is 12.4 Å². The third kappa shape index (κ3) is 5.47. The Balaban J connectivity index is 1.77. The Labute approximate surface area is 135 Å². The topological polar surface area (TPSA) is 67.4 Å². The van der Waals surface area contributed by atoms with Gasteiger partial charge in [0.25, 0.3) is 0 Å². The van der Waals surface area contributed by atoms with Crippen LogP contribution in [0.4, 0.5) is 5.69 Å². The van der Waals surface area contributed by atoms with Crippen LogP contribution in [0.25, 0.3) is 0 Å². The van der Waals surface area contributed by atoms with Crippen LogP contribution in [0.5, 0.6) is 5.75 Å². The molecule has 0 unspecified atom stereocenters. The average molecular weight is 312 g/mol.